The van der Waals surface area contributed by atoms with Crippen molar-refractivity contribution in [1.29, 1.82) is 0 Å². The molecule has 71 valence electrons. The normalized spacial score (nSPS) is 16.1. The molecule has 0 rings (SSSR count). The molecule has 2 unspecified atom stereocenters. The summed E-state index contributed by atoms with van der Waals surface area (Å²) in [4.78, 5) is 12.6. The van der Waals surface area contributed by atoms with E-state index in [2.05, 4.69) is 6.92 Å². The summed E-state index contributed by atoms with van der Waals surface area (Å²) >= 11 is 0. The predicted molar refractivity (Wildman–Crippen MR) is 50.7 cm³/mol. The first-order chi connectivity index (χ1) is 5.61. The Morgan fingerprint density at radius 1 is 1.58 bits per heavy atom. The molecule has 0 saturated heterocycles. The Hall–Kier alpha value is -0.410. The highest BCUT2D eigenvalue weighted by atomic mass is 16.1. The van der Waals surface area contributed by atoms with Crippen molar-refractivity contribution in [3.05, 3.63) is 6.92 Å². The van der Waals surface area contributed by atoms with Crippen molar-refractivity contribution in [3.8, 4) is 0 Å². The van der Waals surface area contributed by atoms with Crippen molar-refractivity contribution in [1.82, 2.24) is 4.90 Å². The highest BCUT2D eigenvalue weighted by Gasteiger charge is 2.14. The molecule has 0 heterocycles. The summed E-state index contributed by atoms with van der Waals surface area (Å²) in [7, 11) is 3.97. The second-order valence-corrected chi connectivity index (χ2v) is 3.34. The third-order valence-corrected chi connectivity index (χ3v) is 1.97. The summed E-state index contributed by atoms with van der Waals surface area (Å²) in [6.07, 6.45) is 2.39. The number of hydrogen-bond acceptors (Lipinski definition) is 3. The average molecular weight is 171 g/mol. The fourth-order valence-corrected chi connectivity index (χ4v) is 1.00. The van der Waals surface area contributed by atoms with E-state index >= 15 is 0 Å². The van der Waals surface area contributed by atoms with Crippen molar-refractivity contribution in [3.63, 3.8) is 0 Å². The summed E-state index contributed by atoms with van der Waals surface area (Å²) in [5.74, 6) is -0.0371. The number of rotatable bonds is 6. The molecule has 0 aromatic rings. The van der Waals surface area contributed by atoms with Gasteiger partial charge in [-0.05, 0) is 33.5 Å². The van der Waals surface area contributed by atoms with Crippen LogP contribution < -0.4 is 5.73 Å². The lowest BCUT2D eigenvalue weighted by Crippen LogP contribution is -2.32. The van der Waals surface area contributed by atoms with Gasteiger partial charge in [-0.15, -0.1) is 0 Å². The van der Waals surface area contributed by atoms with Gasteiger partial charge in [0.25, 0.3) is 0 Å². The van der Waals surface area contributed by atoms with E-state index in [0.717, 1.165) is 19.3 Å². The molecule has 3 nitrogen and oxygen atoms in total. The van der Waals surface area contributed by atoms with Crippen LogP contribution in [0, 0.1) is 12.8 Å². The van der Waals surface area contributed by atoms with Crippen molar-refractivity contribution in [2.24, 2.45) is 11.7 Å². The van der Waals surface area contributed by atoms with Gasteiger partial charge in [0.1, 0.15) is 6.29 Å². The van der Waals surface area contributed by atoms with Crippen LogP contribution in [0.25, 0.3) is 0 Å². The van der Waals surface area contributed by atoms with Crippen molar-refractivity contribution in [2.45, 2.75) is 18.9 Å². The van der Waals surface area contributed by atoms with E-state index in [4.69, 9.17) is 5.73 Å². The molecule has 0 spiro atoms. The highest BCUT2D eigenvalue weighted by Crippen LogP contribution is 2.07. The van der Waals surface area contributed by atoms with Crippen LogP contribution in [0.1, 0.15) is 12.8 Å². The van der Waals surface area contributed by atoms with Gasteiger partial charge in [0, 0.05) is 12.0 Å². The van der Waals surface area contributed by atoms with Gasteiger partial charge in [-0.2, -0.15) is 0 Å². The Morgan fingerprint density at radius 3 is 2.50 bits per heavy atom. The minimum Gasteiger partial charge on any atom is -0.327 e. The van der Waals surface area contributed by atoms with Gasteiger partial charge in [0.05, 0.1) is 0 Å². The lowest BCUT2D eigenvalue weighted by atomic mass is 9.96. The smallest absolute Gasteiger partial charge is 0.124 e. The molecule has 0 fully saturated rings. The molecule has 1 radical (unpaired) electrons. The van der Waals surface area contributed by atoms with Crippen LogP contribution in [0.5, 0.6) is 0 Å². The van der Waals surface area contributed by atoms with Crippen LogP contribution >= 0.6 is 0 Å². The topological polar surface area (TPSA) is 46.3 Å². The lowest BCUT2D eigenvalue weighted by molar-refractivity contribution is -0.111. The quantitative estimate of drug-likeness (QED) is 0.585. The molecule has 0 saturated carbocycles. The van der Waals surface area contributed by atoms with E-state index < -0.39 is 0 Å². The molecule has 12 heavy (non-hydrogen) atoms. The predicted octanol–water partition coefficient (Wildman–Crippen LogP) is 0.305. The molecule has 0 aliphatic heterocycles. The zero-order valence-electron chi connectivity index (χ0n) is 7.99. The molecule has 2 atom stereocenters. The third-order valence-electron chi connectivity index (χ3n) is 1.97. The van der Waals surface area contributed by atoms with Crippen molar-refractivity contribution in [2.75, 3.05) is 20.6 Å². The molecular formula is C9H19N2O. The number of carbonyl (C=O) groups is 1. The largest absolute Gasteiger partial charge is 0.327 e. The van der Waals surface area contributed by atoms with Gasteiger partial charge in [0.2, 0.25) is 0 Å². The molecule has 3 heteroatoms. The fraction of sp³-hybridized carbons (Fsp3) is 0.778. The number of aldehydes is 1. The molecule has 0 aromatic carbocycles. The maximum atomic E-state index is 10.6. The average Bonchev–Trinajstić information content (AvgIpc) is 2.04. The van der Waals surface area contributed by atoms with Gasteiger partial charge < -0.3 is 15.4 Å². The van der Waals surface area contributed by atoms with Crippen LogP contribution in [-0.4, -0.2) is 37.9 Å². The maximum absolute atomic E-state index is 10.6. The standard InChI is InChI=1S/C9H19N2O/c1-4-9(10)8(7-12)5-6-11(2)3/h7-9H,1,4-6,10H2,2-3H3. The maximum Gasteiger partial charge on any atom is 0.124 e. The van der Waals surface area contributed by atoms with Gasteiger partial charge in [0.15, 0.2) is 0 Å². The van der Waals surface area contributed by atoms with Crippen molar-refractivity contribution < 1.29 is 4.79 Å². The van der Waals surface area contributed by atoms with Gasteiger partial charge in [-0.25, -0.2) is 0 Å². The molecule has 0 aromatic heterocycles. The molecule has 0 bridgehead atoms. The van der Waals surface area contributed by atoms with E-state index in [1.807, 2.05) is 19.0 Å². The van der Waals surface area contributed by atoms with E-state index in [0.29, 0.717) is 6.42 Å². The highest BCUT2D eigenvalue weighted by molar-refractivity contribution is 5.54. The summed E-state index contributed by atoms with van der Waals surface area (Å²) in [5.41, 5.74) is 5.70. The summed E-state index contributed by atoms with van der Waals surface area (Å²) in [5, 5.41) is 0. The lowest BCUT2D eigenvalue weighted by Gasteiger charge is -2.18. The van der Waals surface area contributed by atoms with Gasteiger partial charge in [-0.1, -0.05) is 6.92 Å². The monoisotopic (exact) mass is 171 g/mol. The van der Waals surface area contributed by atoms with Crippen LogP contribution in [0.4, 0.5) is 0 Å². The zero-order valence-corrected chi connectivity index (χ0v) is 7.99. The van der Waals surface area contributed by atoms with Crippen molar-refractivity contribution >= 4 is 6.29 Å². The van der Waals surface area contributed by atoms with Crippen LogP contribution in [0.2, 0.25) is 0 Å². The van der Waals surface area contributed by atoms with Gasteiger partial charge in [-0.3, -0.25) is 0 Å². The third kappa shape index (κ3) is 4.46. The first-order valence-corrected chi connectivity index (χ1v) is 4.26. The summed E-state index contributed by atoms with van der Waals surface area (Å²) < 4.78 is 0. The van der Waals surface area contributed by atoms with E-state index in [1.165, 1.54) is 0 Å². The Balaban J connectivity index is 3.74. The minimum atomic E-state index is -0.0811. The van der Waals surface area contributed by atoms with Gasteiger partial charge >= 0.3 is 0 Å². The number of nitrogens with two attached hydrogens (primary N) is 1. The SMILES string of the molecule is [CH2]CC(N)C(C=O)CCN(C)C. The molecule has 2 N–H and O–H groups in total. The summed E-state index contributed by atoms with van der Waals surface area (Å²) in [6.45, 7) is 4.58. The first-order valence-electron chi connectivity index (χ1n) is 4.26. The van der Waals surface area contributed by atoms with E-state index in [9.17, 15) is 4.79 Å². The molecule has 0 aliphatic rings. The number of hydrogen-bond donors (Lipinski definition) is 1. The fourth-order valence-electron chi connectivity index (χ4n) is 1.00. The molecule has 0 aliphatic carbocycles. The first kappa shape index (κ1) is 11.6. The Kier molecular flexibility index (Phi) is 5.93. The van der Waals surface area contributed by atoms with Crippen LogP contribution in [0.3, 0.4) is 0 Å². The van der Waals surface area contributed by atoms with E-state index in [1.54, 1.807) is 0 Å². The second-order valence-electron chi connectivity index (χ2n) is 3.34. The zero-order chi connectivity index (χ0) is 9.56. The molecule has 0 amide bonds. The Morgan fingerprint density at radius 2 is 2.17 bits per heavy atom. The minimum absolute atomic E-state index is 0.0371. The Bertz CT molecular complexity index is 126. The van der Waals surface area contributed by atoms with E-state index in [-0.39, 0.29) is 12.0 Å². The summed E-state index contributed by atoms with van der Waals surface area (Å²) in [6, 6.07) is -0.0811. The second kappa shape index (κ2) is 6.14. The Labute approximate surface area is 74.9 Å². The van der Waals surface area contributed by atoms with Crippen LogP contribution in [0.15, 0.2) is 0 Å². The van der Waals surface area contributed by atoms with Crippen LogP contribution in [-0.2, 0) is 4.79 Å². The number of carbonyl (C=O) groups excluding carboxylic acids is 1. The molecular weight excluding hydrogens is 152 g/mol. The number of nitrogens with zero attached hydrogens (tertiary/aromatic N) is 1.